The zero-order valence-electron chi connectivity index (χ0n) is 18.1. The van der Waals surface area contributed by atoms with Gasteiger partial charge in [0.1, 0.15) is 11.6 Å². The molecule has 0 aliphatic heterocycles. The predicted molar refractivity (Wildman–Crippen MR) is 131 cm³/mol. The number of carbonyl (C=O) groups is 1. The van der Waals surface area contributed by atoms with Crippen molar-refractivity contribution in [3.8, 4) is 0 Å². The Morgan fingerprint density at radius 3 is 2.72 bits per heavy atom. The van der Waals surface area contributed by atoms with Gasteiger partial charge in [-0.2, -0.15) is 0 Å². The Labute approximate surface area is 186 Å². The SMILES string of the molecule is C=CCNC(=O)/C(C=NC)=C(/NCNc1ccc(NC)c(C=N)c1)Nc1cccc(=O)[nH]1. The molecular weight excluding hydrogens is 408 g/mol. The Hall–Kier alpha value is -4.34. The minimum Gasteiger partial charge on any atom is -0.388 e. The highest BCUT2D eigenvalue weighted by Gasteiger charge is 2.14. The minimum absolute atomic E-state index is 0.242. The van der Waals surface area contributed by atoms with Crippen molar-refractivity contribution in [1.82, 2.24) is 15.6 Å². The van der Waals surface area contributed by atoms with Crippen molar-refractivity contribution in [2.75, 3.05) is 43.3 Å². The number of hydrogen-bond donors (Lipinski definition) is 7. The molecule has 1 aromatic heterocycles. The highest BCUT2D eigenvalue weighted by atomic mass is 16.1. The number of aromatic amines is 1. The highest BCUT2D eigenvalue weighted by Crippen LogP contribution is 2.18. The zero-order chi connectivity index (χ0) is 23.3. The number of anilines is 3. The van der Waals surface area contributed by atoms with Gasteiger partial charge in [0.25, 0.3) is 5.91 Å². The molecule has 32 heavy (non-hydrogen) atoms. The van der Waals surface area contributed by atoms with Crippen LogP contribution < -0.4 is 32.1 Å². The molecule has 0 aliphatic carbocycles. The molecule has 1 aromatic carbocycles. The van der Waals surface area contributed by atoms with Crippen molar-refractivity contribution >= 4 is 35.5 Å². The van der Waals surface area contributed by atoms with E-state index in [4.69, 9.17) is 5.41 Å². The Balaban J connectivity index is 2.28. The highest BCUT2D eigenvalue weighted by molar-refractivity contribution is 6.13. The molecule has 0 atom stereocenters. The molecule has 2 rings (SSSR count). The second-order valence-corrected chi connectivity index (χ2v) is 6.46. The Morgan fingerprint density at radius 1 is 1.25 bits per heavy atom. The summed E-state index contributed by atoms with van der Waals surface area (Å²) in [6, 6.07) is 10.2. The summed E-state index contributed by atoms with van der Waals surface area (Å²) in [6.07, 6.45) is 4.26. The fourth-order valence-corrected chi connectivity index (χ4v) is 2.74. The second-order valence-electron chi connectivity index (χ2n) is 6.46. The number of benzene rings is 1. The Morgan fingerprint density at radius 2 is 2.06 bits per heavy atom. The molecular formula is C22H28N8O2. The molecule has 0 saturated carbocycles. The van der Waals surface area contributed by atoms with Crippen LogP contribution >= 0.6 is 0 Å². The molecule has 1 amide bonds. The minimum atomic E-state index is -0.367. The quantitative estimate of drug-likeness (QED) is 0.117. The van der Waals surface area contributed by atoms with E-state index in [1.165, 1.54) is 18.5 Å². The van der Waals surface area contributed by atoms with Gasteiger partial charge >= 0.3 is 0 Å². The number of rotatable bonds is 12. The molecule has 168 valence electrons. The number of aromatic nitrogens is 1. The maximum atomic E-state index is 12.7. The third kappa shape index (κ3) is 6.87. The maximum Gasteiger partial charge on any atom is 0.256 e. The van der Waals surface area contributed by atoms with Crippen LogP contribution in [0.3, 0.4) is 0 Å². The van der Waals surface area contributed by atoms with E-state index in [0.29, 0.717) is 11.6 Å². The van der Waals surface area contributed by atoms with E-state index in [9.17, 15) is 9.59 Å². The number of carbonyl (C=O) groups excluding carboxylic acids is 1. The van der Waals surface area contributed by atoms with E-state index in [-0.39, 0.29) is 30.3 Å². The van der Waals surface area contributed by atoms with Crippen LogP contribution in [0.25, 0.3) is 0 Å². The first-order valence-electron chi connectivity index (χ1n) is 9.84. The van der Waals surface area contributed by atoms with Gasteiger partial charge in [-0.1, -0.05) is 12.1 Å². The van der Waals surface area contributed by atoms with Crippen molar-refractivity contribution in [1.29, 1.82) is 5.41 Å². The van der Waals surface area contributed by atoms with Crippen molar-refractivity contribution in [3.05, 3.63) is 76.4 Å². The van der Waals surface area contributed by atoms with E-state index in [1.54, 1.807) is 32.3 Å². The number of aliphatic imine (C=N–C) groups is 1. The smallest absolute Gasteiger partial charge is 0.256 e. The van der Waals surface area contributed by atoms with Crippen LogP contribution in [0.1, 0.15) is 5.56 Å². The Bertz CT molecular complexity index is 1070. The van der Waals surface area contributed by atoms with Crippen LogP contribution in [-0.2, 0) is 4.79 Å². The monoisotopic (exact) mass is 436 g/mol. The zero-order valence-corrected chi connectivity index (χ0v) is 18.1. The maximum absolute atomic E-state index is 12.7. The predicted octanol–water partition coefficient (Wildman–Crippen LogP) is 1.70. The first kappa shape index (κ1) is 23.9. The van der Waals surface area contributed by atoms with E-state index >= 15 is 0 Å². The van der Waals surface area contributed by atoms with Gasteiger partial charge in [0.05, 0.1) is 12.2 Å². The fraction of sp³-hybridized carbons (Fsp3) is 0.182. The summed E-state index contributed by atoms with van der Waals surface area (Å²) in [7, 11) is 3.35. The number of nitrogens with zero attached hydrogens (tertiary/aromatic N) is 1. The van der Waals surface area contributed by atoms with Gasteiger partial charge in [-0.15, -0.1) is 6.58 Å². The molecule has 10 nitrogen and oxygen atoms in total. The lowest BCUT2D eigenvalue weighted by Gasteiger charge is -2.18. The lowest BCUT2D eigenvalue weighted by molar-refractivity contribution is -0.116. The summed E-state index contributed by atoms with van der Waals surface area (Å²) in [5.41, 5.74) is 2.32. The molecule has 0 aliphatic rings. The van der Waals surface area contributed by atoms with Crippen LogP contribution in [0.5, 0.6) is 0 Å². The van der Waals surface area contributed by atoms with Gasteiger partial charge in [-0.05, 0) is 24.3 Å². The van der Waals surface area contributed by atoms with Gasteiger partial charge in [-0.25, -0.2) is 0 Å². The first-order valence-corrected chi connectivity index (χ1v) is 9.84. The van der Waals surface area contributed by atoms with E-state index in [0.717, 1.165) is 16.9 Å². The molecule has 0 unspecified atom stereocenters. The standard InChI is InChI=1S/C22H28N8O2/c1-4-10-26-22(32)17(13-24-2)21(30-19-6-5-7-20(31)29-19)28-14-27-16-8-9-18(25-3)15(11-16)12-23/h4-9,11-13,23,25,27-28H,1,10,14H2,2-3H3,(H,26,32)(H2,29,30,31)/b21-17-,23-12?,24-13?. The number of H-pyrrole nitrogens is 1. The van der Waals surface area contributed by atoms with Gasteiger partial charge in [0, 0.05) is 56.1 Å². The average Bonchev–Trinajstić information content (AvgIpc) is 2.80. The number of amides is 1. The molecule has 0 bridgehead atoms. The summed E-state index contributed by atoms with van der Waals surface area (Å²) in [6.45, 7) is 4.14. The average molecular weight is 437 g/mol. The van der Waals surface area contributed by atoms with Crippen molar-refractivity contribution in [2.45, 2.75) is 0 Å². The summed E-state index contributed by atoms with van der Waals surface area (Å²) in [5.74, 6) is 0.377. The summed E-state index contributed by atoms with van der Waals surface area (Å²) in [5, 5.41) is 22.7. The van der Waals surface area contributed by atoms with Crippen LogP contribution in [-0.4, -0.2) is 50.6 Å². The molecule has 0 spiro atoms. The number of hydrogen-bond acceptors (Lipinski definition) is 8. The third-order valence-electron chi connectivity index (χ3n) is 4.24. The lowest BCUT2D eigenvalue weighted by Crippen LogP contribution is -2.34. The lowest BCUT2D eigenvalue weighted by atomic mass is 10.1. The van der Waals surface area contributed by atoms with Crippen molar-refractivity contribution in [3.63, 3.8) is 0 Å². The van der Waals surface area contributed by atoms with E-state index < -0.39 is 0 Å². The molecule has 0 radical (unpaired) electrons. The van der Waals surface area contributed by atoms with Crippen molar-refractivity contribution in [2.24, 2.45) is 4.99 Å². The van der Waals surface area contributed by atoms with E-state index in [1.807, 2.05) is 18.2 Å². The summed E-state index contributed by atoms with van der Waals surface area (Å²) >= 11 is 0. The summed E-state index contributed by atoms with van der Waals surface area (Å²) in [4.78, 5) is 31.0. The second kappa shape index (κ2) is 12.4. The molecule has 0 saturated heterocycles. The topological polar surface area (TPSA) is 146 Å². The van der Waals surface area contributed by atoms with E-state index in [2.05, 4.69) is 43.1 Å². The molecule has 10 heteroatoms. The van der Waals surface area contributed by atoms with Crippen LogP contribution in [0.2, 0.25) is 0 Å². The first-order chi connectivity index (χ1) is 15.5. The molecule has 7 N–H and O–H groups in total. The Kier molecular flexibility index (Phi) is 9.26. The summed E-state index contributed by atoms with van der Waals surface area (Å²) < 4.78 is 0. The normalized spacial score (nSPS) is 11.3. The number of pyridine rings is 1. The van der Waals surface area contributed by atoms with Gasteiger partial charge in [-0.3, -0.25) is 14.6 Å². The molecule has 1 heterocycles. The number of nitrogens with one attached hydrogen (secondary N) is 7. The van der Waals surface area contributed by atoms with Gasteiger partial charge in [0.2, 0.25) is 5.56 Å². The van der Waals surface area contributed by atoms with Crippen LogP contribution in [0.4, 0.5) is 17.2 Å². The van der Waals surface area contributed by atoms with Crippen molar-refractivity contribution < 1.29 is 4.79 Å². The molecule has 0 fully saturated rings. The third-order valence-corrected chi connectivity index (χ3v) is 4.24. The largest absolute Gasteiger partial charge is 0.388 e. The van der Waals surface area contributed by atoms with Crippen LogP contribution in [0.15, 0.2) is 70.2 Å². The van der Waals surface area contributed by atoms with Gasteiger partial charge < -0.3 is 37.0 Å². The molecule has 2 aromatic rings. The van der Waals surface area contributed by atoms with Crippen LogP contribution in [0, 0.1) is 5.41 Å². The van der Waals surface area contributed by atoms with Gasteiger partial charge in [0.15, 0.2) is 0 Å². The fourth-order valence-electron chi connectivity index (χ4n) is 2.74.